The molecule has 2 bridgehead atoms. The molecule has 4 aliphatic rings. The van der Waals surface area contributed by atoms with Gasteiger partial charge in [-0.1, -0.05) is 12.1 Å². The minimum Gasteiger partial charge on any atom is -0.358 e. The van der Waals surface area contributed by atoms with Crippen LogP contribution in [0.5, 0.6) is 0 Å². The zero-order valence-electron chi connectivity index (χ0n) is 21.8. The number of carbonyl (C=O) groups is 1. The zero-order valence-corrected chi connectivity index (χ0v) is 22.6. The van der Waals surface area contributed by atoms with Crippen molar-refractivity contribution in [2.75, 3.05) is 20.6 Å². The molecule has 2 aromatic carbocycles. The second-order valence-electron chi connectivity index (χ2n) is 11.2. The van der Waals surface area contributed by atoms with Crippen LogP contribution < -0.4 is 5.32 Å². The normalized spacial score (nSPS) is 28.2. The topological polar surface area (TPSA) is 82.1 Å². The molecule has 210 valence electrons. The maximum atomic E-state index is 13.9. The van der Waals surface area contributed by atoms with Crippen molar-refractivity contribution < 1.29 is 30.8 Å². The van der Waals surface area contributed by atoms with E-state index in [0.29, 0.717) is 30.7 Å². The maximum Gasteiger partial charge on any atom is 0.416 e. The summed E-state index contributed by atoms with van der Waals surface area (Å²) in [5, 5.41) is 3.29. The smallest absolute Gasteiger partial charge is 0.358 e. The number of hydrogen-bond acceptors (Lipinski definition) is 5. The van der Waals surface area contributed by atoms with Crippen LogP contribution in [0, 0.1) is 17.7 Å². The van der Waals surface area contributed by atoms with Gasteiger partial charge < -0.3 is 10.2 Å². The number of nitrogens with one attached hydrogen (secondary N) is 1. The lowest BCUT2D eigenvalue weighted by Crippen LogP contribution is -2.55. The standard InChI is InChI=1S/C27H30F4N4O3S/c1-25(24(36)34(2)3)16-32-23(33-25)22-14-26(12-18(22)13-26)35(39(37,38)21-10-8-20(28)9-11-21)15-17-4-6-19(7-5-17)27(29,30)31/h4-11,18,22H,12-16H2,1-3H3,(H,32,33)/t18?,22-,25-,26?/m0/s1. The number of likely N-dealkylation sites (N-methyl/N-ethyl adjacent to an activating group) is 1. The average molecular weight is 567 g/mol. The number of rotatable bonds is 7. The molecular weight excluding hydrogens is 536 g/mol. The second kappa shape index (κ2) is 9.29. The highest BCUT2D eigenvalue weighted by Gasteiger charge is 2.63. The van der Waals surface area contributed by atoms with Gasteiger partial charge in [-0.05, 0) is 74.1 Å². The van der Waals surface area contributed by atoms with Gasteiger partial charge in [0.15, 0.2) is 0 Å². The van der Waals surface area contributed by atoms with Gasteiger partial charge in [0.25, 0.3) is 0 Å². The first-order valence-electron chi connectivity index (χ1n) is 12.6. The number of sulfonamides is 1. The molecule has 1 heterocycles. The minimum absolute atomic E-state index is 0.0830. The van der Waals surface area contributed by atoms with Crippen LogP contribution >= 0.6 is 0 Å². The fourth-order valence-corrected chi connectivity index (χ4v) is 7.99. The van der Waals surface area contributed by atoms with Crippen LogP contribution in [0.25, 0.3) is 0 Å². The Bertz CT molecular complexity index is 1400. The Hall–Kier alpha value is -2.99. The summed E-state index contributed by atoms with van der Waals surface area (Å²) in [7, 11) is -0.780. The first kappa shape index (κ1) is 27.6. The van der Waals surface area contributed by atoms with Crippen LogP contribution in [-0.4, -0.2) is 61.1 Å². The Balaban J connectivity index is 1.44. The monoisotopic (exact) mass is 566 g/mol. The van der Waals surface area contributed by atoms with Gasteiger partial charge in [-0.3, -0.25) is 9.79 Å². The summed E-state index contributed by atoms with van der Waals surface area (Å²) in [5.74, 6) is 0.0634. The number of fused-ring (bicyclic) bond motifs is 1. The molecule has 3 aliphatic carbocycles. The molecule has 7 nitrogen and oxygen atoms in total. The van der Waals surface area contributed by atoms with E-state index in [4.69, 9.17) is 0 Å². The molecule has 3 saturated carbocycles. The number of aliphatic imine (C=N–C) groups is 1. The van der Waals surface area contributed by atoms with Crippen molar-refractivity contribution in [2.45, 2.75) is 54.9 Å². The number of amides is 1. The van der Waals surface area contributed by atoms with Crippen molar-refractivity contribution in [3.63, 3.8) is 0 Å². The highest BCUT2D eigenvalue weighted by molar-refractivity contribution is 7.89. The predicted molar refractivity (Wildman–Crippen MR) is 137 cm³/mol. The van der Waals surface area contributed by atoms with Gasteiger partial charge in [0.1, 0.15) is 17.2 Å². The van der Waals surface area contributed by atoms with Gasteiger partial charge in [0.2, 0.25) is 15.9 Å². The molecule has 12 heteroatoms. The fourth-order valence-electron chi connectivity index (χ4n) is 6.20. The molecule has 0 spiro atoms. The molecule has 39 heavy (non-hydrogen) atoms. The third kappa shape index (κ3) is 4.82. The molecular formula is C27H30F4N4O3S. The molecule has 1 N–H and O–H groups in total. The van der Waals surface area contributed by atoms with Crippen LogP contribution in [0.15, 0.2) is 58.4 Å². The van der Waals surface area contributed by atoms with Gasteiger partial charge in [-0.25, -0.2) is 12.8 Å². The van der Waals surface area contributed by atoms with Gasteiger partial charge in [-0.15, -0.1) is 0 Å². The third-order valence-corrected chi connectivity index (χ3v) is 10.2. The number of amidine groups is 1. The van der Waals surface area contributed by atoms with E-state index in [0.717, 1.165) is 24.3 Å². The van der Waals surface area contributed by atoms with Crippen molar-refractivity contribution >= 4 is 21.8 Å². The number of alkyl halides is 3. The third-order valence-electron chi connectivity index (χ3n) is 8.19. The maximum absolute atomic E-state index is 13.9. The molecule has 6 rings (SSSR count). The van der Waals surface area contributed by atoms with Crippen molar-refractivity contribution in [2.24, 2.45) is 16.8 Å². The quantitative estimate of drug-likeness (QED) is 0.513. The number of carbonyl (C=O) groups excluding carboxylic acids is 1. The Morgan fingerprint density at radius 3 is 2.23 bits per heavy atom. The Morgan fingerprint density at radius 2 is 1.67 bits per heavy atom. The van der Waals surface area contributed by atoms with E-state index in [-0.39, 0.29) is 35.7 Å². The lowest BCUT2D eigenvalue weighted by atomic mass is 9.76. The summed E-state index contributed by atoms with van der Waals surface area (Å²) in [6, 6.07) is 9.00. The summed E-state index contributed by atoms with van der Waals surface area (Å²) in [6.07, 6.45) is -2.94. The Kier molecular flexibility index (Phi) is 6.57. The fraction of sp³-hybridized carbons (Fsp3) is 0.481. The molecule has 0 saturated heterocycles. The Morgan fingerprint density at radius 1 is 1.05 bits per heavy atom. The SMILES string of the molecule is CN(C)C(=O)[C@]1(C)CN=C([C@H]2CC3(N(Cc4ccc(C(F)(F)F)cc4)S(=O)(=O)c4ccc(F)cc4)CC2C3)N1. The first-order chi connectivity index (χ1) is 18.1. The predicted octanol–water partition coefficient (Wildman–Crippen LogP) is 4.05. The van der Waals surface area contributed by atoms with Gasteiger partial charge in [-0.2, -0.15) is 17.5 Å². The first-order valence-corrected chi connectivity index (χ1v) is 14.1. The number of halogens is 4. The summed E-state index contributed by atoms with van der Waals surface area (Å²) >= 11 is 0. The van der Waals surface area contributed by atoms with E-state index in [1.54, 1.807) is 21.0 Å². The van der Waals surface area contributed by atoms with Crippen molar-refractivity contribution in [3.05, 3.63) is 65.5 Å². The van der Waals surface area contributed by atoms with Gasteiger partial charge in [0.05, 0.1) is 17.0 Å². The van der Waals surface area contributed by atoms with E-state index < -0.39 is 38.7 Å². The molecule has 0 unspecified atom stereocenters. The second-order valence-corrected chi connectivity index (χ2v) is 13.1. The van der Waals surface area contributed by atoms with E-state index in [1.165, 1.54) is 33.5 Å². The van der Waals surface area contributed by atoms with E-state index in [9.17, 15) is 30.8 Å². The van der Waals surface area contributed by atoms with E-state index in [1.807, 2.05) is 0 Å². The lowest BCUT2D eigenvalue weighted by molar-refractivity contribution is -0.137. The molecule has 3 fully saturated rings. The number of hydrogen-bond donors (Lipinski definition) is 1. The number of benzene rings is 2. The summed E-state index contributed by atoms with van der Waals surface area (Å²) in [6.45, 7) is 1.93. The Labute approximate surface area is 224 Å². The highest BCUT2D eigenvalue weighted by atomic mass is 32.2. The minimum atomic E-state index is -4.51. The molecule has 1 amide bonds. The molecule has 1 aliphatic heterocycles. The van der Waals surface area contributed by atoms with Gasteiger partial charge >= 0.3 is 6.18 Å². The van der Waals surface area contributed by atoms with Gasteiger partial charge in [0, 0.05) is 32.1 Å². The molecule has 2 atom stereocenters. The molecule has 2 aromatic rings. The van der Waals surface area contributed by atoms with Crippen molar-refractivity contribution in [3.8, 4) is 0 Å². The lowest BCUT2D eigenvalue weighted by Gasteiger charge is -2.46. The summed E-state index contributed by atoms with van der Waals surface area (Å²) in [5.41, 5.74) is -2.06. The van der Waals surface area contributed by atoms with Crippen LogP contribution in [0.1, 0.15) is 37.3 Å². The molecule has 0 aromatic heterocycles. The van der Waals surface area contributed by atoms with Crippen molar-refractivity contribution in [1.82, 2.24) is 14.5 Å². The van der Waals surface area contributed by atoms with E-state index >= 15 is 0 Å². The number of nitrogens with zero attached hydrogens (tertiary/aromatic N) is 3. The summed E-state index contributed by atoms with van der Waals surface area (Å²) < 4.78 is 82.1. The largest absolute Gasteiger partial charge is 0.416 e. The molecule has 0 radical (unpaired) electrons. The average Bonchev–Trinajstić information content (AvgIpc) is 3.54. The van der Waals surface area contributed by atoms with Crippen LogP contribution in [0.3, 0.4) is 0 Å². The van der Waals surface area contributed by atoms with Crippen LogP contribution in [0.4, 0.5) is 17.6 Å². The highest BCUT2D eigenvalue weighted by Crippen LogP contribution is 2.60. The zero-order chi connectivity index (χ0) is 28.4. The van der Waals surface area contributed by atoms with Crippen LogP contribution in [0.2, 0.25) is 0 Å². The van der Waals surface area contributed by atoms with Crippen molar-refractivity contribution in [1.29, 1.82) is 0 Å². The van der Waals surface area contributed by atoms with Crippen LogP contribution in [-0.2, 0) is 27.5 Å². The summed E-state index contributed by atoms with van der Waals surface area (Å²) in [4.78, 5) is 18.7. The van der Waals surface area contributed by atoms with E-state index in [2.05, 4.69) is 10.3 Å².